The van der Waals surface area contributed by atoms with Crippen molar-refractivity contribution in [3.05, 3.63) is 71.5 Å². The van der Waals surface area contributed by atoms with Gasteiger partial charge in [-0.1, -0.05) is 30.3 Å². The molecule has 2 aromatic heterocycles. The number of carbonyl (C=O) groups is 1. The second-order valence-electron chi connectivity index (χ2n) is 5.77. The molecule has 0 spiro atoms. The highest BCUT2D eigenvalue weighted by atomic mass is 32.1. The van der Waals surface area contributed by atoms with Gasteiger partial charge in [0.1, 0.15) is 5.01 Å². The van der Waals surface area contributed by atoms with Crippen molar-refractivity contribution >= 4 is 17.2 Å². The molecule has 128 valence electrons. The van der Waals surface area contributed by atoms with Crippen molar-refractivity contribution in [2.45, 2.75) is 19.8 Å². The second kappa shape index (κ2) is 8.53. The summed E-state index contributed by atoms with van der Waals surface area (Å²) >= 11 is 1.55. The van der Waals surface area contributed by atoms with Crippen molar-refractivity contribution < 1.29 is 4.79 Å². The highest BCUT2D eigenvalue weighted by Gasteiger charge is 2.14. The van der Waals surface area contributed by atoms with E-state index in [0.29, 0.717) is 13.0 Å². The van der Waals surface area contributed by atoms with Crippen molar-refractivity contribution in [1.82, 2.24) is 14.9 Å². The minimum atomic E-state index is 0.126. The molecule has 5 heteroatoms. The zero-order valence-corrected chi connectivity index (χ0v) is 15.1. The molecule has 2 heterocycles. The highest BCUT2D eigenvalue weighted by Crippen LogP contribution is 2.23. The Kier molecular flexibility index (Phi) is 5.90. The van der Waals surface area contributed by atoms with Gasteiger partial charge in [-0.3, -0.25) is 9.78 Å². The predicted octanol–water partition coefficient (Wildman–Crippen LogP) is 3.84. The van der Waals surface area contributed by atoms with Crippen LogP contribution in [0.3, 0.4) is 0 Å². The fourth-order valence-corrected chi connectivity index (χ4v) is 3.46. The van der Waals surface area contributed by atoms with Crippen LogP contribution in [0.15, 0.2) is 60.2 Å². The molecule has 25 heavy (non-hydrogen) atoms. The average molecular weight is 351 g/mol. The molecular formula is C20H21N3OS. The Morgan fingerprint density at radius 2 is 2.00 bits per heavy atom. The number of carbonyl (C=O) groups excluding carboxylic acids is 1. The number of rotatable bonds is 7. The van der Waals surface area contributed by atoms with Crippen LogP contribution in [0.25, 0.3) is 10.6 Å². The van der Waals surface area contributed by atoms with Crippen LogP contribution in [-0.4, -0.2) is 33.9 Å². The van der Waals surface area contributed by atoms with Crippen molar-refractivity contribution in [3.63, 3.8) is 0 Å². The third-order valence-corrected chi connectivity index (χ3v) is 4.98. The lowest BCUT2D eigenvalue weighted by Crippen LogP contribution is -2.34. The minimum Gasteiger partial charge on any atom is -0.342 e. The maximum absolute atomic E-state index is 12.6. The summed E-state index contributed by atoms with van der Waals surface area (Å²) in [5.41, 5.74) is 3.07. The summed E-state index contributed by atoms with van der Waals surface area (Å²) in [6.45, 7) is 3.47. The third-order valence-electron chi connectivity index (χ3n) is 4.04. The Morgan fingerprint density at radius 3 is 2.72 bits per heavy atom. The average Bonchev–Trinajstić information content (AvgIpc) is 3.12. The Labute approximate surface area is 152 Å². The van der Waals surface area contributed by atoms with Gasteiger partial charge in [0.2, 0.25) is 5.91 Å². The Bertz CT molecular complexity index is 802. The Hall–Kier alpha value is -2.53. The van der Waals surface area contributed by atoms with Crippen molar-refractivity contribution in [2.75, 3.05) is 13.1 Å². The maximum atomic E-state index is 12.6. The minimum absolute atomic E-state index is 0.126. The lowest BCUT2D eigenvalue weighted by Gasteiger charge is -2.20. The molecule has 3 rings (SSSR count). The number of aromatic nitrogens is 2. The maximum Gasteiger partial charge on any atom is 0.228 e. The normalized spacial score (nSPS) is 10.6. The van der Waals surface area contributed by atoms with Gasteiger partial charge in [0, 0.05) is 36.4 Å². The van der Waals surface area contributed by atoms with E-state index in [9.17, 15) is 4.79 Å². The lowest BCUT2D eigenvalue weighted by atomic mass is 10.1. The first-order valence-corrected chi connectivity index (χ1v) is 9.30. The molecule has 0 saturated carbocycles. The van der Waals surface area contributed by atoms with Gasteiger partial charge >= 0.3 is 0 Å². The van der Waals surface area contributed by atoms with Crippen LogP contribution in [0.4, 0.5) is 0 Å². The number of likely N-dealkylation sites (N-methyl/N-ethyl adjacent to an activating group) is 1. The molecule has 0 aliphatic heterocycles. The van der Waals surface area contributed by atoms with E-state index in [1.54, 1.807) is 23.7 Å². The SMILES string of the molecule is CCN(CCc1ccccc1)C(=O)Cc1csc(-c2cccnc2)n1. The van der Waals surface area contributed by atoms with Gasteiger partial charge in [-0.05, 0) is 31.0 Å². The van der Waals surface area contributed by atoms with Crippen LogP contribution in [0, 0.1) is 0 Å². The molecule has 1 aromatic carbocycles. The molecule has 0 unspecified atom stereocenters. The van der Waals surface area contributed by atoms with E-state index in [-0.39, 0.29) is 5.91 Å². The van der Waals surface area contributed by atoms with Crippen molar-refractivity contribution in [3.8, 4) is 10.6 Å². The zero-order valence-electron chi connectivity index (χ0n) is 14.3. The van der Waals surface area contributed by atoms with Gasteiger partial charge in [0.05, 0.1) is 12.1 Å². The highest BCUT2D eigenvalue weighted by molar-refractivity contribution is 7.13. The molecule has 0 N–H and O–H groups in total. The summed E-state index contributed by atoms with van der Waals surface area (Å²) < 4.78 is 0. The number of hydrogen-bond acceptors (Lipinski definition) is 4. The third kappa shape index (κ3) is 4.73. The molecule has 0 radical (unpaired) electrons. The van der Waals surface area contributed by atoms with Gasteiger partial charge in [0.15, 0.2) is 0 Å². The molecule has 3 aromatic rings. The van der Waals surface area contributed by atoms with E-state index in [0.717, 1.165) is 29.2 Å². The number of benzene rings is 1. The molecule has 0 saturated heterocycles. The topological polar surface area (TPSA) is 46.1 Å². The Balaban J connectivity index is 1.59. The van der Waals surface area contributed by atoms with Crippen LogP contribution in [0.5, 0.6) is 0 Å². The molecule has 4 nitrogen and oxygen atoms in total. The molecule has 0 atom stereocenters. The van der Waals surface area contributed by atoms with E-state index in [4.69, 9.17) is 0 Å². The smallest absolute Gasteiger partial charge is 0.228 e. The molecule has 0 aliphatic rings. The largest absolute Gasteiger partial charge is 0.342 e. The number of hydrogen-bond donors (Lipinski definition) is 0. The second-order valence-corrected chi connectivity index (χ2v) is 6.63. The molecule has 0 aliphatic carbocycles. The summed E-state index contributed by atoms with van der Waals surface area (Å²) in [4.78, 5) is 23.2. The standard InChI is InChI=1S/C20H21N3OS/c1-2-23(12-10-16-7-4-3-5-8-16)19(24)13-18-15-25-20(22-18)17-9-6-11-21-14-17/h3-9,11,14-15H,2,10,12-13H2,1H3. The lowest BCUT2D eigenvalue weighted by molar-refractivity contribution is -0.130. The number of nitrogens with zero attached hydrogens (tertiary/aromatic N) is 3. The number of pyridine rings is 1. The van der Waals surface area contributed by atoms with Crippen LogP contribution in [-0.2, 0) is 17.6 Å². The van der Waals surface area contributed by atoms with Gasteiger partial charge in [-0.2, -0.15) is 0 Å². The first-order valence-electron chi connectivity index (χ1n) is 8.42. The van der Waals surface area contributed by atoms with E-state index >= 15 is 0 Å². The quantitative estimate of drug-likeness (QED) is 0.650. The van der Waals surface area contributed by atoms with Crippen LogP contribution < -0.4 is 0 Å². The number of thiazole rings is 1. The first-order chi connectivity index (χ1) is 12.3. The zero-order chi connectivity index (χ0) is 17.5. The molecular weight excluding hydrogens is 330 g/mol. The van der Waals surface area contributed by atoms with E-state index in [2.05, 4.69) is 22.1 Å². The van der Waals surface area contributed by atoms with Crippen LogP contribution in [0.2, 0.25) is 0 Å². The summed E-state index contributed by atoms with van der Waals surface area (Å²) in [6.07, 6.45) is 4.76. The van der Waals surface area contributed by atoms with Gasteiger partial charge in [-0.15, -0.1) is 11.3 Å². The van der Waals surface area contributed by atoms with E-state index in [1.807, 2.05) is 47.5 Å². The van der Waals surface area contributed by atoms with Gasteiger partial charge in [0.25, 0.3) is 0 Å². The molecule has 1 amide bonds. The summed E-state index contributed by atoms with van der Waals surface area (Å²) in [5.74, 6) is 0.126. The fourth-order valence-electron chi connectivity index (χ4n) is 2.64. The predicted molar refractivity (Wildman–Crippen MR) is 101 cm³/mol. The summed E-state index contributed by atoms with van der Waals surface area (Å²) in [7, 11) is 0. The van der Waals surface area contributed by atoms with Gasteiger partial charge in [-0.25, -0.2) is 4.98 Å². The monoisotopic (exact) mass is 351 g/mol. The first kappa shape index (κ1) is 17.3. The van der Waals surface area contributed by atoms with Crippen LogP contribution in [0.1, 0.15) is 18.2 Å². The van der Waals surface area contributed by atoms with Crippen molar-refractivity contribution in [1.29, 1.82) is 0 Å². The van der Waals surface area contributed by atoms with Gasteiger partial charge < -0.3 is 4.90 Å². The van der Waals surface area contributed by atoms with E-state index in [1.165, 1.54) is 5.56 Å². The van der Waals surface area contributed by atoms with Crippen molar-refractivity contribution in [2.24, 2.45) is 0 Å². The summed E-state index contributed by atoms with van der Waals surface area (Å²) in [6, 6.07) is 14.1. The summed E-state index contributed by atoms with van der Waals surface area (Å²) in [5, 5.41) is 2.87. The Morgan fingerprint density at radius 1 is 1.16 bits per heavy atom. The van der Waals surface area contributed by atoms with Crippen LogP contribution >= 0.6 is 11.3 Å². The number of amides is 1. The molecule has 0 bridgehead atoms. The molecule has 0 fully saturated rings. The van der Waals surface area contributed by atoms with E-state index < -0.39 is 0 Å². The fraction of sp³-hybridized carbons (Fsp3) is 0.250.